The van der Waals surface area contributed by atoms with Crippen LogP contribution in [0.3, 0.4) is 0 Å². The summed E-state index contributed by atoms with van der Waals surface area (Å²) in [6.07, 6.45) is 1.86. The zero-order chi connectivity index (χ0) is 27.2. The number of hydrogen-bond donors (Lipinski definition) is 0. The van der Waals surface area contributed by atoms with Crippen LogP contribution < -0.4 is 0 Å². The maximum atomic E-state index is 5.97. The topological polar surface area (TPSA) is 111 Å². The summed E-state index contributed by atoms with van der Waals surface area (Å²) < 4.78 is 69.6. The molecule has 0 aliphatic heterocycles. The highest BCUT2D eigenvalue weighted by Crippen LogP contribution is 2.49. The van der Waals surface area contributed by atoms with Gasteiger partial charge in [0.25, 0.3) is 0 Å². The van der Waals surface area contributed by atoms with Crippen molar-refractivity contribution in [2.24, 2.45) is 0 Å². The van der Waals surface area contributed by atoms with Gasteiger partial charge >= 0.3 is 35.2 Å². The second-order valence-corrected chi connectivity index (χ2v) is 20.2. The third-order valence-electron chi connectivity index (χ3n) is 6.73. The van der Waals surface area contributed by atoms with Gasteiger partial charge in [-0.25, -0.2) is 0 Å². The second kappa shape index (κ2) is 17.1. The van der Waals surface area contributed by atoms with E-state index in [1.807, 2.05) is 0 Å². The fraction of sp³-hybridized carbons (Fsp3) is 1.00. The zero-order valence-corrected chi connectivity index (χ0v) is 27.6. The van der Waals surface area contributed by atoms with Crippen LogP contribution in [0.2, 0.25) is 23.2 Å². The molecule has 0 spiro atoms. The molecule has 0 rings (SSSR count). The number of hydrogen-bond acceptors (Lipinski definition) is 12. The van der Waals surface area contributed by atoms with E-state index in [0.29, 0.717) is 31.4 Å². The van der Waals surface area contributed by atoms with Crippen molar-refractivity contribution in [2.45, 2.75) is 42.4 Å². The lowest BCUT2D eigenvalue weighted by Gasteiger charge is -2.43. The molecule has 0 N–H and O–H groups in total. The number of rotatable bonds is 22. The molecule has 0 aliphatic carbocycles. The Morgan fingerprint density at radius 3 is 0.943 bits per heavy atom. The normalized spacial score (nSPS) is 15.4. The Bertz CT molecular complexity index is 513. The minimum Gasteiger partial charge on any atom is -0.377 e. The lowest BCUT2D eigenvalue weighted by molar-refractivity contribution is 0.0788. The molecule has 16 heteroatoms. The highest BCUT2D eigenvalue weighted by atomic mass is 28.4. The highest BCUT2D eigenvalue weighted by Gasteiger charge is 2.61. The molecule has 0 aromatic carbocycles. The van der Waals surface area contributed by atoms with Crippen molar-refractivity contribution in [3.63, 3.8) is 0 Å². The van der Waals surface area contributed by atoms with E-state index in [4.69, 9.17) is 53.1 Å². The fourth-order valence-electron chi connectivity index (χ4n) is 4.64. The third kappa shape index (κ3) is 8.44. The van der Waals surface area contributed by atoms with Crippen LogP contribution in [-0.4, -0.2) is 121 Å². The predicted octanol–water partition coefficient (Wildman–Crippen LogP) is 2.41. The minimum atomic E-state index is -3.26. The second-order valence-electron chi connectivity index (χ2n) is 7.67. The smallest absolute Gasteiger partial charge is 0.377 e. The monoisotopic (exact) mass is 580 g/mol. The van der Waals surface area contributed by atoms with E-state index < -0.39 is 35.2 Å². The maximum Gasteiger partial charge on any atom is 0.503 e. The molecule has 212 valence electrons. The Hall–Kier alpha value is 0.388. The summed E-state index contributed by atoms with van der Waals surface area (Å²) in [5.41, 5.74) is -0.548. The fourth-order valence-corrected chi connectivity index (χ4v) is 14.9. The molecule has 0 heterocycles. The summed E-state index contributed by atoms with van der Waals surface area (Å²) in [6.45, 7) is 0. The summed E-state index contributed by atoms with van der Waals surface area (Å²) in [5, 5.41) is 0. The molecule has 2 atom stereocenters. The first-order valence-electron chi connectivity index (χ1n) is 11.3. The average molecular weight is 581 g/mol. The van der Waals surface area contributed by atoms with Gasteiger partial charge in [-0.15, -0.1) is 0 Å². The Morgan fingerprint density at radius 2 is 0.657 bits per heavy atom. The van der Waals surface area contributed by atoms with Crippen molar-refractivity contribution in [3.8, 4) is 0 Å². The van der Waals surface area contributed by atoms with Gasteiger partial charge in [-0.2, -0.15) is 0 Å². The van der Waals surface area contributed by atoms with E-state index in [9.17, 15) is 0 Å². The SMILES string of the molecule is CO[Si](CCCC(C(CC[Si](OC)(OC)OC)[Si](OC)(OC)OC)[Si](OC)(OC)OC)(OC)OC. The molecule has 0 radical (unpaired) electrons. The van der Waals surface area contributed by atoms with Gasteiger partial charge in [0.1, 0.15) is 0 Å². The quantitative estimate of drug-likeness (QED) is 0.175. The van der Waals surface area contributed by atoms with Crippen LogP contribution in [0.5, 0.6) is 0 Å². The molecule has 0 bridgehead atoms. The molecule has 0 saturated heterocycles. The van der Waals surface area contributed by atoms with Gasteiger partial charge in [0, 0.05) is 108 Å². The van der Waals surface area contributed by atoms with Crippen LogP contribution in [0, 0.1) is 0 Å². The van der Waals surface area contributed by atoms with Crippen LogP contribution in [0.1, 0.15) is 19.3 Å². The van der Waals surface area contributed by atoms with E-state index >= 15 is 0 Å². The lowest BCUT2D eigenvalue weighted by atomic mass is 10.1. The summed E-state index contributed by atoms with van der Waals surface area (Å²) in [4.78, 5) is 0. The van der Waals surface area contributed by atoms with Crippen LogP contribution in [-0.2, 0) is 53.1 Å². The van der Waals surface area contributed by atoms with Crippen molar-refractivity contribution in [1.82, 2.24) is 0 Å². The van der Waals surface area contributed by atoms with Crippen molar-refractivity contribution in [3.05, 3.63) is 0 Å². The first-order valence-corrected chi connectivity index (χ1v) is 18.8. The van der Waals surface area contributed by atoms with Gasteiger partial charge in [-0.3, -0.25) is 0 Å². The molecular weight excluding hydrogens is 533 g/mol. The van der Waals surface area contributed by atoms with E-state index in [2.05, 4.69) is 0 Å². The molecule has 0 fully saturated rings. The molecule has 0 aromatic heterocycles. The predicted molar refractivity (Wildman–Crippen MR) is 138 cm³/mol. The van der Waals surface area contributed by atoms with E-state index in [0.717, 1.165) is 0 Å². The average Bonchev–Trinajstić information content (AvgIpc) is 2.92. The summed E-state index contributed by atoms with van der Waals surface area (Å²) in [6, 6.07) is 1.09. The van der Waals surface area contributed by atoms with E-state index in [-0.39, 0.29) is 11.1 Å². The Morgan fingerprint density at radius 1 is 0.371 bits per heavy atom. The third-order valence-corrected chi connectivity index (χ3v) is 19.3. The standard InChI is InChI=1S/C19H48O12Si4/c1-20-32(21-2,22-3)16-13-14-18(34(26-7,27-8)28-9)19(35(29-10,30-11)31-12)15-17-33(23-4,24-5)25-6/h18-19H,13-17H2,1-12H3. The highest BCUT2D eigenvalue weighted by molar-refractivity contribution is 6.69. The zero-order valence-electron chi connectivity index (χ0n) is 23.6. The van der Waals surface area contributed by atoms with Crippen LogP contribution in [0.25, 0.3) is 0 Å². The lowest BCUT2D eigenvalue weighted by Crippen LogP contribution is -2.57. The first kappa shape index (κ1) is 35.4. The molecule has 12 nitrogen and oxygen atoms in total. The molecule has 2 unspecified atom stereocenters. The van der Waals surface area contributed by atoms with Gasteiger partial charge in [0.15, 0.2) is 0 Å². The van der Waals surface area contributed by atoms with E-state index in [1.165, 1.54) is 0 Å². The van der Waals surface area contributed by atoms with Gasteiger partial charge < -0.3 is 53.1 Å². The summed E-state index contributed by atoms with van der Waals surface area (Å²) >= 11 is 0. The minimum absolute atomic E-state index is 0.261. The van der Waals surface area contributed by atoms with Crippen LogP contribution in [0.15, 0.2) is 0 Å². The largest absolute Gasteiger partial charge is 0.503 e. The van der Waals surface area contributed by atoms with Crippen LogP contribution in [0.4, 0.5) is 0 Å². The van der Waals surface area contributed by atoms with Crippen molar-refractivity contribution in [2.75, 3.05) is 85.3 Å². The van der Waals surface area contributed by atoms with Gasteiger partial charge in [0.05, 0.1) is 0 Å². The Balaban J connectivity index is 6.50. The van der Waals surface area contributed by atoms with Gasteiger partial charge in [-0.05, 0) is 19.3 Å². The Kier molecular flexibility index (Phi) is 17.3. The van der Waals surface area contributed by atoms with Crippen molar-refractivity contribution in [1.29, 1.82) is 0 Å². The molecule has 0 aliphatic rings. The van der Waals surface area contributed by atoms with Gasteiger partial charge in [0.2, 0.25) is 0 Å². The first-order chi connectivity index (χ1) is 16.7. The Labute approximate surface area is 216 Å². The molecular formula is C19H48O12Si4. The molecule has 0 aromatic rings. The van der Waals surface area contributed by atoms with Crippen LogP contribution >= 0.6 is 0 Å². The van der Waals surface area contributed by atoms with Crippen molar-refractivity contribution >= 4 is 35.2 Å². The van der Waals surface area contributed by atoms with Crippen molar-refractivity contribution < 1.29 is 53.1 Å². The summed E-state index contributed by atoms with van der Waals surface area (Å²) in [5.74, 6) is 0. The molecule has 35 heavy (non-hydrogen) atoms. The van der Waals surface area contributed by atoms with E-state index in [1.54, 1.807) is 85.3 Å². The van der Waals surface area contributed by atoms with Gasteiger partial charge in [-0.1, -0.05) is 0 Å². The maximum absolute atomic E-state index is 5.97. The summed E-state index contributed by atoms with van der Waals surface area (Å²) in [7, 11) is 6.89. The molecule has 0 saturated carbocycles. The molecule has 0 amide bonds.